The molecule has 1 aromatic rings. The van der Waals surface area contributed by atoms with Crippen molar-refractivity contribution >= 4 is 22.6 Å². The number of hydrogen-bond donors (Lipinski definition) is 0. The fraction of sp³-hybridized carbons (Fsp3) is 0.375. The van der Waals surface area contributed by atoms with E-state index in [1.54, 1.807) is 6.20 Å². The number of aromatic nitrogens is 1. The van der Waals surface area contributed by atoms with Crippen molar-refractivity contribution in [2.75, 3.05) is 6.61 Å². The first-order chi connectivity index (χ1) is 5.20. The lowest BCUT2D eigenvalue weighted by Gasteiger charge is -2.11. The molecule has 2 heterocycles. The summed E-state index contributed by atoms with van der Waals surface area (Å²) >= 11 is 2.39. The molecular weight excluding hydrogens is 253 g/mol. The number of halogens is 1. The van der Waals surface area contributed by atoms with Crippen molar-refractivity contribution in [1.82, 2.24) is 4.98 Å². The van der Waals surface area contributed by atoms with Crippen molar-refractivity contribution < 1.29 is 4.74 Å². The van der Waals surface area contributed by atoms with Crippen molar-refractivity contribution in [2.45, 2.75) is 10.3 Å². The third-order valence-corrected chi connectivity index (χ3v) is 2.71. The molecule has 2 rings (SSSR count). The summed E-state index contributed by atoms with van der Waals surface area (Å²) in [6.45, 7) is 2.89. The van der Waals surface area contributed by atoms with E-state index in [0.717, 1.165) is 12.5 Å². The maximum absolute atomic E-state index is 5.40. The van der Waals surface area contributed by atoms with E-state index in [2.05, 4.69) is 40.6 Å². The van der Waals surface area contributed by atoms with Crippen LogP contribution in [0.5, 0.6) is 5.88 Å². The van der Waals surface area contributed by atoms with Gasteiger partial charge in [-0.3, -0.25) is 0 Å². The van der Waals surface area contributed by atoms with Gasteiger partial charge >= 0.3 is 0 Å². The lowest BCUT2D eigenvalue weighted by molar-refractivity contribution is 0.322. The van der Waals surface area contributed by atoms with Gasteiger partial charge in [-0.15, -0.1) is 0 Å². The van der Waals surface area contributed by atoms with Crippen molar-refractivity contribution in [3.63, 3.8) is 0 Å². The van der Waals surface area contributed by atoms with Gasteiger partial charge in [0.15, 0.2) is 0 Å². The molecule has 0 aromatic carbocycles. The molecule has 3 heteroatoms. The summed E-state index contributed by atoms with van der Waals surface area (Å²) in [6, 6.07) is 4.02. The third-order valence-electron chi connectivity index (χ3n) is 1.81. The Kier molecular flexibility index (Phi) is 1.56. The van der Waals surface area contributed by atoms with Crippen molar-refractivity contribution in [2.24, 2.45) is 0 Å². The first-order valence-corrected chi connectivity index (χ1v) is 4.55. The topological polar surface area (TPSA) is 22.1 Å². The molecule has 0 N–H and O–H groups in total. The number of fused-ring (bicyclic) bond motifs is 1. The molecule has 1 aliphatic rings. The molecule has 0 amide bonds. The Morgan fingerprint density at radius 3 is 3.27 bits per heavy atom. The van der Waals surface area contributed by atoms with E-state index in [1.807, 2.05) is 6.07 Å². The zero-order chi connectivity index (χ0) is 7.90. The van der Waals surface area contributed by atoms with E-state index in [4.69, 9.17) is 4.74 Å². The highest BCUT2D eigenvalue weighted by atomic mass is 127. The quantitative estimate of drug-likeness (QED) is 0.527. The molecule has 0 saturated carbocycles. The largest absolute Gasteiger partial charge is 0.476 e. The highest BCUT2D eigenvalue weighted by molar-refractivity contribution is 14.1. The minimum absolute atomic E-state index is 0.112. The summed E-state index contributed by atoms with van der Waals surface area (Å²) in [4.78, 5) is 4.13. The van der Waals surface area contributed by atoms with Crippen LogP contribution in [-0.4, -0.2) is 11.6 Å². The summed E-state index contributed by atoms with van der Waals surface area (Å²) in [6.07, 6.45) is 1.76. The van der Waals surface area contributed by atoms with E-state index in [1.165, 1.54) is 5.56 Å². The predicted molar refractivity (Wildman–Crippen MR) is 51.1 cm³/mol. The molecule has 11 heavy (non-hydrogen) atoms. The summed E-state index contributed by atoms with van der Waals surface area (Å²) in [5.74, 6) is 0.796. The highest BCUT2D eigenvalue weighted by Gasteiger charge is 2.33. The molecule has 1 atom stereocenters. The lowest BCUT2D eigenvalue weighted by atomic mass is 10.1. The number of alkyl halides is 1. The van der Waals surface area contributed by atoms with Gasteiger partial charge in [-0.1, -0.05) is 28.7 Å². The molecule has 0 saturated heterocycles. The van der Waals surface area contributed by atoms with Crippen molar-refractivity contribution in [3.8, 4) is 5.88 Å². The Hall–Kier alpha value is -0.320. The number of hydrogen-bond acceptors (Lipinski definition) is 2. The predicted octanol–water partition coefficient (Wildman–Crippen LogP) is 2.12. The number of ether oxygens (including phenoxy) is 1. The van der Waals surface area contributed by atoms with Crippen molar-refractivity contribution in [1.29, 1.82) is 0 Å². The fourth-order valence-electron chi connectivity index (χ4n) is 1.18. The molecule has 0 aliphatic carbocycles. The van der Waals surface area contributed by atoms with Crippen LogP contribution < -0.4 is 4.74 Å². The number of nitrogens with zero attached hydrogens (tertiary/aromatic N) is 1. The van der Waals surface area contributed by atoms with Gasteiger partial charge in [-0.25, -0.2) is 4.98 Å². The van der Waals surface area contributed by atoms with Crippen LogP contribution in [0.4, 0.5) is 0 Å². The van der Waals surface area contributed by atoms with E-state index in [0.29, 0.717) is 0 Å². The second-order valence-corrected chi connectivity index (χ2v) is 5.22. The molecule has 1 aromatic heterocycles. The molecule has 1 unspecified atom stereocenters. The van der Waals surface area contributed by atoms with Gasteiger partial charge in [-0.2, -0.15) is 0 Å². The molecule has 1 aliphatic heterocycles. The molecule has 0 bridgehead atoms. The summed E-state index contributed by atoms with van der Waals surface area (Å²) in [5, 5.41) is 0. The summed E-state index contributed by atoms with van der Waals surface area (Å²) < 4.78 is 5.51. The minimum atomic E-state index is 0.112. The minimum Gasteiger partial charge on any atom is -0.476 e. The number of pyridine rings is 1. The zero-order valence-electron chi connectivity index (χ0n) is 6.17. The normalized spacial score (nSPS) is 27.8. The summed E-state index contributed by atoms with van der Waals surface area (Å²) in [7, 11) is 0. The fourth-order valence-corrected chi connectivity index (χ4v) is 1.75. The molecule has 58 valence electrons. The SMILES string of the molecule is CC1(I)COc2ncccc21. The van der Waals surface area contributed by atoms with Crippen molar-refractivity contribution in [3.05, 3.63) is 23.9 Å². The van der Waals surface area contributed by atoms with Crippen LogP contribution in [-0.2, 0) is 3.42 Å². The average Bonchev–Trinajstić information content (AvgIpc) is 2.29. The monoisotopic (exact) mass is 261 g/mol. The molecule has 2 nitrogen and oxygen atoms in total. The second kappa shape index (κ2) is 2.33. The standard InChI is InChI=1S/C8H8INO/c1-8(9)5-11-7-6(8)3-2-4-10-7/h2-4H,5H2,1H3. The van der Waals surface area contributed by atoms with Gasteiger partial charge < -0.3 is 4.74 Å². The van der Waals surface area contributed by atoms with E-state index in [-0.39, 0.29) is 3.42 Å². The average molecular weight is 261 g/mol. The smallest absolute Gasteiger partial charge is 0.218 e. The Morgan fingerprint density at radius 1 is 1.73 bits per heavy atom. The third kappa shape index (κ3) is 1.11. The van der Waals surface area contributed by atoms with Gasteiger partial charge in [-0.05, 0) is 13.0 Å². The van der Waals surface area contributed by atoms with E-state index >= 15 is 0 Å². The first-order valence-electron chi connectivity index (χ1n) is 3.47. The van der Waals surface area contributed by atoms with Gasteiger partial charge in [0.25, 0.3) is 0 Å². The molecule has 0 spiro atoms. The lowest BCUT2D eigenvalue weighted by Crippen LogP contribution is -2.13. The van der Waals surface area contributed by atoms with Crippen LogP contribution in [0.2, 0.25) is 0 Å². The second-order valence-electron chi connectivity index (χ2n) is 2.84. The van der Waals surface area contributed by atoms with Gasteiger partial charge in [0.05, 0.1) is 3.42 Å². The van der Waals surface area contributed by atoms with Gasteiger partial charge in [0.1, 0.15) is 6.61 Å². The maximum atomic E-state index is 5.40. The highest BCUT2D eigenvalue weighted by Crippen LogP contribution is 2.41. The summed E-state index contributed by atoms with van der Waals surface area (Å²) in [5.41, 5.74) is 1.21. The van der Waals surface area contributed by atoms with Crippen LogP contribution in [0, 0.1) is 0 Å². The Labute approximate surface area is 79.1 Å². The Bertz CT molecular complexity index is 285. The van der Waals surface area contributed by atoms with Crippen LogP contribution in [0.1, 0.15) is 12.5 Å². The Morgan fingerprint density at radius 2 is 2.55 bits per heavy atom. The van der Waals surface area contributed by atoms with Crippen LogP contribution >= 0.6 is 22.6 Å². The zero-order valence-corrected chi connectivity index (χ0v) is 8.33. The number of rotatable bonds is 0. The van der Waals surface area contributed by atoms with E-state index < -0.39 is 0 Å². The van der Waals surface area contributed by atoms with Crippen LogP contribution in [0.15, 0.2) is 18.3 Å². The van der Waals surface area contributed by atoms with Crippen LogP contribution in [0.25, 0.3) is 0 Å². The van der Waals surface area contributed by atoms with Gasteiger partial charge in [0, 0.05) is 11.8 Å². The molecule has 0 radical (unpaired) electrons. The van der Waals surface area contributed by atoms with Crippen LogP contribution in [0.3, 0.4) is 0 Å². The van der Waals surface area contributed by atoms with Gasteiger partial charge in [0.2, 0.25) is 5.88 Å². The molecular formula is C8H8INO. The van der Waals surface area contributed by atoms with E-state index in [9.17, 15) is 0 Å². The maximum Gasteiger partial charge on any atom is 0.218 e. The molecule has 0 fully saturated rings. The first kappa shape index (κ1) is 7.34. The Balaban J connectivity index is 2.56.